The maximum Gasteiger partial charge on any atom is 0.142 e. The van der Waals surface area contributed by atoms with Crippen molar-refractivity contribution in [2.45, 2.75) is 46.1 Å². The molecule has 1 atom stereocenters. The molecular formula is C14H22ClNO. The van der Waals surface area contributed by atoms with Crippen LogP contribution < -0.4 is 10.1 Å². The molecule has 0 aliphatic heterocycles. The summed E-state index contributed by atoms with van der Waals surface area (Å²) in [6, 6.07) is 6.15. The number of rotatable bonds is 7. The van der Waals surface area contributed by atoms with Gasteiger partial charge in [0.25, 0.3) is 0 Å². The molecule has 96 valence electrons. The summed E-state index contributed by atoms with van der Waals surface area (Å²) < 4.78 is 5.70. The summed E-state index contributed by atoms with van der Waals surface area (Å²) in [6.45, 7) is 7.19. The van der Waals surface area contributed by atoms with E-state index in [1.54, 1.807) is 0 Å². The predicted molar refractivity (Wildman–Crippen MR) is 75.2 cm³/mol. The summed E-state index contributed by atoms with van der Waals surface area (Å²) in [5, 5.41) is 4.19. The first-order valence-corrected chi connectivity index (χ1v) is 6.74. The lowest BCUT2D eigenvalue weighted by Gasteiger charge is -2.18. The highest BCUT2D eigenvalue weighted by atomic mass is 35.5. The fraction of sp³-hybridized carbons (Fsp3) is 0.571. The summed E-state index contributed by atoms with van der Waals surface area (Å²) in [5.74, 6) is 0.888. The van der Waals surface area contributed by atoms with Crippen LogP contribution in [0.2, 0.25) is 5.02 Å². The molecule has 0 radical (unpaired) electrons. The van der Waals surface area contributed by atoms with Crippen molar-refractivity contribution in [3.8, 4) is 5.75 Å². The summed E-state index contributed by atoms with van der Waals surface area (Å²) in [4.78, 5) is 0. The van der Waals surface area contributed by atoms with Gasteiger partial charge >= 0.3 is 0 Å². The van der Waals surface area contributed by atoms with Crippen LogP contribution >= 0.6 is 11.6 Å². The van der Waals surface area contributed by atoms with Gasteiger partial charge in [-0.1, -0.05) is 31.9 Å². The van der Waals surface area contributed by atoms with Gasteiger partial charge in [-0.2, -0.15) is 0 Å². The molecule has 0 aliphatic carbocycles. The van der Waals surface area contributed by atoms with Gasteiger partial charge in [0.05, 0.1) is 12.3 Å². The average Bonchev–Trinajstić information content (AvgIpc) is 2.28. The third-order valence-electron chi connectivity index (χ3n) is 2.53. The van der Waals surface area contributed by atoms with Crippen LogP contribution in [0.15, 0.2) is 18.2 Å². The van der Waals surface area contributed by atoms with Crippen LogP contribution in [0, 0.1) is 0 Å². The molecule has 1 aromatic carbocycles. The molecule has 1 unspecified atom stereocenters. The highest BCUT2D eigenvalue weighted by Gasteiger charge is 2.07. The molecule has 17 heavy (non-hydrogen) atoms. The molecule has 0 saturated heterocycles. The second-order valence-electron chi connectivity index (χ2n) is 4.32. The molecule has 2 nitrogen and oxygen atoms in total. The Kier molecular flexibility index (Phi) is 6.20. The minimum atomic E-state index is 0.433. The Morgan fingerprint density at radius 3 is 2.71 bits per heavy atom. The summed E-state index contributed by atoms with van der Waals surface area (Å²) in [7, 11) is 0. The van der Waals surface area contributed by atoms with E-state index in [9.17, 15) is 0 Å². The number of anilines is 1. The number of benzene rings is 1. The maximum atomic E-state index is 6.02. The van der Waals surface area contributed by atoms with Crippen LogP contribution in [0.1, 0.15) is 40.0 Å². The average molecular weight is 256 g/mol. The zero-order chi connectivity index (χ0) is 12.7. The molecule has 1 N–H and O–H groups in total. The lowest BCUT2D eigenvalue weighted by atomic mass is 10.2. The van der Waals surface area contributed by atoms with Crippen molar-refractivity contribution in [1.82, 2.24) is 0 Å². The highest BCUT2D eigenvalue weighted by molar-refractivity contribution is 6.30. The molecule has 0 heterocycles. The van der Waals surface area contributed by atoms with Crippen molar-refractivity contribution >= 4 is 17.3 Å². The Balaban J connectivity index is 2.75. The number of hydrogen-bond acceptors (Lipinski definition) is 2. The van der Waals surface area contributed by atoms with E-state index in [2.05, 4.69) is 26.1 Å². The standard InChI is InChI=1S/C14H22ClNO/c1-4-6-11(3)16-13-10-12(15)7-8-14(13)17-9-5-2/h7-8,10-11,16H,4-6,9H2,1-3H3. The fourth-order valence-corrected chi connectivity index (χ4v) is 1.90. The van der Waals surface area contributed by atoms with Gasteiger partial charge in [-0.25, -0.2) is 0 Å². The van der Waals surface area contributed by atoms with Crippen LogP contribution in [0.25, 0.3) is 0 Å². The first-order chi connectivity index (χ1) is 8.17. The van der Waals surface area contributed by atoms with E-state index in [4.69, 9.17) is 16.3 Å². The number of halogens is 1. The van der Waals surface area contributed by atoms with Crippen molar-refractivity contribution < 1.29 is 4.74 Å². The van der Waals surface area contributed by atoms with E-state index >= 15 is 0 Å². The molecule has 0 spiro atoms. The van der Waals surface area contributed by atoms with Gasteiger partial charge in [0.2, 0.25) is 0 Å². The predicted octanol–water partition coefficient (Wildman–Crippen LogP) is 4.73. The van der Waals surface area contributed by atoms with Gasteiger partial charge in [-0.05, 0) is 38.0 Å². The smallest absolute Gasteiger partial charge is 0.142 e. The van der Waals surface area contributed by atoms with Gasteiger partial charge < -0.3 is 10.1 Å². The molecular weight excluding hydrogens is 234 g/mol. The van der Waals surface area contributed by atoms with E-state index in [0.29, 0.717) is 6.04 Å². The Hall–Kier alpha value is -0.890. The first kappa shape index (κ1) is 14.2. The van der Waals surface area contributed by atoms with Crippen LogP contribution in [-0.2, 0) is 0 Å². The second-order valence-corrected chi connectivity index (χ2v) is 4.76. The second kappa shape index (κ2) is 7.44. The molecule has 0 bridgehead atoms. The van der Waals surface area contributed by atoms with Crippen LogP contribution in [0.5, 0.6) is 5.75 Å². The first-order valence-electron chi connectivity index (χ1n) is 6.36. The van der Waals surface area contributed by atoms with Gasteiger partial charge in [-0.3, -0.25) is 0 Å². The van der Waals surface area contributed by atoms with Crippen molar-refractivity contribution in [3.63, 3.8) is 0 Å². The molecule has 0 amide bonds. The van der Waals surface area contributed by atoms with E-state index in [0.717, 1.165) is 35.9 Å². The van der Waals surface area contributed by atoms with Crippen molar-refractivity contribution in [1.29, 1.82) is 0 Å². The zero-order valence-electron chi connectivity index (χ0n) is 10.9. The number of nitrogens with one attached hydrogen (secondary N) is 1. The molecule has 0 aliphatic rings. The van der Waals surface area contributed by atoms with Crippen LogP contribution in [0.4, 0.5) is 5.69 Å². The SMILES string of the molecule is CCCOc1ccc(Cl)cc1NC(C)CCC. The highest BCUT2D eigenvalue weighted by Crippen LogP contribution is 2.29. The molecule has 3 heteroatoms. The van der Waals surface area contributed by atoms with E-state index < -0.39 is 0 Å². The lowest BCUT2D eigenvalue weighted by molar-refractivity contribution is 0.318. The van der Waals surface area contributed by atoms with Gasteiger partial charge in [0.15, 0.2) is 0 Å². The summed E-state index contributed by atoms with van der Waals surface area (Å²) in [5.41, 5.74) is 0.993. The molecule has 0 fully saturated rings. The molecule has 1 rings (SSSR count). The van der Waals surface area contributed by atoms with Crippen LogP contribution in [0.3, 0.4) is 0 Å². The largest absolute Gasteiger partial charge is 0.491 e. The van der Waals surface area contributed by atoms with Gasteiger partial charge in [0.1, 0.15) is 5.75 Å². The minimum absolute atomic E-state index is 0.433. The monoisotopic (exact) mass is 255 g/mol. The maximum absolute atomic E-state index is 6.02. The topological polar surface area (TPSA) is 21.3 Å². The third kappa shape index (κ3) is 4.86. The van der Waals surface area contributed by atoms with Crippen molar-refractivity contribution in [2.24, 2.45) is 0 Å². The Morgan fingerprint density at radius 1 is 1.29 bits per heavy atom. The normalized spacial score (nSPS) is 12.2. The van der Waals surface area contributed by atoms with E-state index in [1.807, 2.05) is 18.2 Å². The number of ether oxygens (including phenoxy) is 1. The fourth-order valence-electron chi connectivity index (χ4n) is 1.72. The van der Waals surface area contributed by atoms with Crippen molar-refractivity contribution in [3.05, 3.63) is 23.2 Å². The Morgan fingerprint density at radius 2 is 2.06 bits per heavy atom. The Labute approximate surface area is 109 Å². The van der Waals surface area contributed by atoms with Crippen molar-refractivity contribution in [2.75, 3.05) is 11.9 Å². The minimum Gasteiger partial charge on any atom is -0.491 e. The molecule has 0 aromatic heterocycles. The quantitative estimate of drug-likeness (QED) is 0.761. The van der Waals surface area contributed by atoms with E-state index in [-0.39, 0.29) is 0 Å². The van der Waals surface area contributed by atoms with E-state index in [1.165, 1.54) is 6.42 Å². The molecule has 0 saturated carbocycles. The zero-order valence-corrected chi connectivity index (χ0v) is 11.7. The molecule has 1 aromatic rings. The third-order valence-corrected chi connectivity index (χ3v) is 2.76. The summed E-state index contributed by atoms with van der Waals surface area (Å²) in [6.07, 6.45) is 3.31. The summed E-state index contributed by atoms with van der Waals surface area (Å²) >= 11 is 6.02. The van der Waals surface area contributed by atoms with Gasteiger partial charge in [0, 0.05) is 11.1 Å². The van der Waals surface area contributed by atoms with Crippen LogP contribution in [-0.4, -0.2) is 12.6 Å². The number of hydrogen-bond donors (Lipinski definition) is 1. The Bertz CT molecular complexity index is 341. The van der Waals surface area contributed by atoms with Gasteiger partial charge in [-0.15, -0.1) is 0 Å². The lowest BCUT2D eigenvalue weighted by Crippen LogP contribution is -2.15.